The molecular formula is C23H24ClN3O3. The molecule has 2 amide bonds. The summed E-state index contributed by atoms with van der Waals surface area (Å²) < 4.78 is 7.55. The van der Waals surface area contributed by atoms with Gasteiger partial charge in [-0.3, -0.25) is 19.6 Å². The van der Waals surface area contributed by atoms with Gasteiger partial charge in [0.05, 0.1) is 10.6 Å². The van der Waals surface area contributed by atoms with Gasteiger partial charge in [-0.2, -0.15) is 5.10 Å². The Morgan fingerprint density at radius 1 is 1.27 bits per heavy atom. The third-order valence-corrected chi connectivity index (χ3v) is 6.23. The summed E-state index contributed by atoms with van der Waals surface area (Å²) in [4.78, 5) is 23.1. The molecule has 1 saturated heterocycles. The maximum absolute atomic E-state index is 12.4. The Bertz CT molecular complexity index is 1020. The molecule has 156 valence electrons. The van der Waals surface area contributed by atoms with Crippen LogP contribution in [0, 0.1) is 11.8 Å². The lowest BCUT2D eigenvalue weighted by Gasteiger charge is -2.40. The zero-order valence-electron chi connectivity index (χ0n) is 17.0. The summed E-state index contributed by atoms with van der Waals surface area (Å²) >= 11 is 7.03. The minimum Gasteiger partial charge on any atom is -0.487 e. The summed E-state index contributed by atoms with van der Waals surface area (Å²) in [6.45, 7) is 2.33. The smallest absolute Gasteiger partial charge is 0.230 e. The average molecular weight is 426 g/mol. The standard InChI is InChI=1S/C23H24ClN3O3/c1-23(24)19(4-3-5-20(23)18-10-11-21(28)25-22(18)29)15-6-8-17(9-7-15)30-14-16-12-13-27(2)26-16/h3-9,12-13,18,20H,10-11,14H2,1-2H3,(H,25,28,29). The molecule has 6 nitrogen and oxygen atoms in total. The van der Waals surface area contributed by atoms with Gasteiger partial charge in [-0.1, -0.05) is 30.4 Å². The van der Waals surface area contributed by atoms with Crippen LogP contribution in [0.3, 0.4) is 0 Å². The van der Waals surface area contributed by atoms with Crippen molar-refractivity contribution in [3.8, 4) is 5.75 Å². The first kappa shape index (κ1) is 20.4. The fourth-order valence-electron chi connectivity index (χ4n) is 4.17. The monoisotopic (exact) mass is 425 g/mol. The second-order valence-electron chi connectivity index (χ2n) is 7.92. The number of hydrogen-bond donors (Lipinski definition) is 1. The molecule has 1 aliphatic carbocycles. The summed E-state index contributed by atoms with van der Waals surface area (Å²) in [5, 5.41) is 6.75. The fourth-order valence-corrected chi connectivity index (χ4v) is 4.56. The molecule has 1 aromatic heterocycles. The molecule has 1 fully saturated rings. The molecule has 4 rings (SSSR count). The Labute approximate surface area is 180 Å². The van der Waals surface area contributed by atoms with Crippen molar-refractivity contribution >= 4 is 29.0 Å². The molecule has 1 N–H and O–H groups in total. The highest BCUT2D eigenvalue weighted by atomic mass is 35.5. The van der Waals surface area contributed by atoms with Crippen LogP contribution in [0.15, 0.2) is 54.8 Å². The van der Waals surface area contributed by atoms with E-state index in [4.69, 9.17) is 16.3 Å². The van der Waals surface area contributed by atoms with Gasteiger partial charge in [-0.25, -0.2) is 0 Å². The molecule has 30 heavy (non-hydrogen) atoms. The number of carbonyl (C=O) groups is 2. The maximum Gasteiger partial charge on any atom is 0.230 e. The third-order valence-electron chi connectivity index (χ3n) is 5.77. The quantitative estimate of drug-likeness (QED) is 0.586. The Kier molecular flexibility index (Phi) is 5.52. The van der Waals surface area contributed by atoms with Crippen LogP contribution in [0.5, 0.6) is 5.75 Å². The average Bonchev–Trinajstić information content (AvgIpc) is 3.12. The lowest BCUT2D eigenvalue weighted by atomic mass is 9.71. The highest BCUT2D eigenvalue weighted by Gasteiger charge is 2.45. The molecule has 2 aliphatic rings. The number of carbonyl (C=O) groups excluding carboxylic acids is 2. The van der Waals surface area contributed by atoms with Gasteiger partial charge in [0.15, 0.2) is 0 Å². The zero-order chi connectivity index (χ0) is 21.3. The number of piperidine rings is 1. The van der Waals surface area contributed by atoms with Crippen LogP contribution in [-0.2, 0) is 23.2 Å². The van der Waals surface area contributed by atoms with E-state index in [1.54, 1.807) is 4.68 Å². The molecule has 2 heterocycles. The van der Waals surface area contributed by atoms with Crippen molar-refractivity contribution in [2.24, 2.45) is 18.9 Å². The van der Waals surface area contributed by atoms with Crippen molar-refractivity contribution in [1.29, 1.82) is 0 Å². The number of nitrogens with zero attached hydrogens (tertiary/aromatic N) is 2. The van der Waals surface area contributed by atoms with E-state index in [-0.39, 0.29) is 23.7 Å². The number of rotatable bonds is 5. The van der Waals surface area contributed by atoms with Gasteiger partial charge >= 0.3 is 0 Å². The number of alkyl halides is 1. The minimum atomic E-state index is -0.770. The number of aryl methyl sites for hydroxylation is 1. The van der Waals surface area contributed by atoms with Gasteiger partial charge in [-0.15, -0.1) is 11.6 Å². The Balaban J connectivity index is 1.49. The van der Waals surface area contributed by atoms with Crippen LogP contribution in [0.4, 0.5) is 0 Å². The SMILES string of the molecule is Cn1ccc(COc2ccc(C3=CC=CC(C4CCC(=O)NC4=O)C3(C)Cl)cc2)n1. The highest BCUT2D eigenvalue weighted by molar-refractivity contribution is 6.31. The summed E-state index contributed by atoms with van der Waals surface area (Å²) in [5.74, 6) is -0.246. The first-order valence-electron chi connectivity index (χ1n) is 9.98. The molecule has 3 unspecified atom stereocenters. The highest BCUT2D eigenvalue weighted by Crippen LogP contribution is 2.47. The van der Waals surface area contributed by atoms with Gasteiger partial charge in [0.1, 0.15) is 12.4 Å². The van der Waals surface area contributed by atoms with E-state index in [2.05, 4.69) is 10.4 Å². The van der Waals surface area contributed by atoms with E-state index < -0.39 is 4.87 Å². The number of ether oxygens (including phenoxy) is 1. The zero-order valence-corrected chi connectivity index (χ0v) is 17.7. The fraction of sp³-hybridized carbons (Fsp3) is 0.348. The Morgan fingerprint density at radius 3 is 2.70 bits per heavy atom. The second kappa shape index (κ2) is 8.11. The minimum absolute atomic E-state index is 0.202. The van der Waals surface area contributed by atoms with E-state index in [1.165, 1.54) is 0 Å². The molecule has 3 atom stereocenters. The summed E-state index contributed by atoms with van der Waals surface area (Å²) in [6.07, 6.45) is 8.63. The summed E-state index contributed by atoms with van der Waals surface area (Å²) in [6, 6.07) is 9.68. The second-order valence-corrected chi connectivity index (χ2v) is 8.70. The maximum atomic E-state index is 12.4. The number of halogens is 1. The van der Waals surface area contributed by atoms with Crippen LogP contribution in [0.2, 0.25) is 0 Å². The van der Waals surface area contributed by atoms with Crippen molar-refractivity contribution in [3.63, 3.8) is 0 Å². The van der Waals surface area contributed by atoms with Gasteiger partial charge in [0.25, 0.3) is 0 Å². The largest absolute Gasteiger partial charge is 0.487 e. The van der Waals surface area contributed by atoms with Crippen LogP contribution in [-0.4, -0.2) is 26.5 Å². The van der Waals surface area contributed by atoms with Crippen molar-refractivity contribution in [3.05, 3.63) is 66.0 Å². The molecule has 1 aliphatic heterocycles. The predicted octanol–water partition coefficient (Wildman–Crippen LogP) is 3.62. The normalized spacial score (nSPS) is 26.3. The van der Waals surface area contributed by atoms with Crippen molar-refractivity contribution in [1.82, 2.24) is 15.1 Å². The number of amides is 2. The number of nitrogens with one attached hydrogen (secondary N) is 1. The van der Waals surface area contributed by atoms with Gasteiger partial charge < -0.3 is 4.74 Å². The number of allylic oxidation sites excluding steroid dienone is 4. The van der Waals surface area contributed by atoms with Crippen molar-refractivity contribution < 1.29 is 14.3 Å². The third kappa shape index (κ3) is 4.05. The lowest BCUT2D eigenvalue weighted by Crippen LogP contribution is -2.48. The van der Waals surface area contributed by atoms with Crippen LogP contribution < -0.4 is 10.1 Å². The van der Waals surface area contributed by atoms with E-state index in [1.807, 2.05) is 68.7 Å². The predicted molar refractivity (Wildman–Crippen MR) is 115 cm³/mol. The van der Waals surface area contributed by atoms with Crippen LogP contribution in [0.25, 0.3) is 5.57 Å². The molecule has 0 saturated carbocycles. The molecular weight excluding hydrogens is 402 g/mol. The molecule has 7 heteroatoms. The van der Waals surface area contributed by atoms with E-state index in [0.717, 1.165) is 22.6 Å². The van der Waals surface area contributed by atoms with Gasteiger partial charge in [0.2, 0.25) is 11.8 Å². The topological polar surface area (TPSA) is 73.2 Å². The van der Waals surface area contributed by atoms with Gasteiger partial charge in [-0.05, 0) is 42.7 Å². The molecule has 2 aromatic rings. The lowest BCUT2D eigenvalue weighted by molar-refractivity contribution is -0.137. The number of aromatic nitrogens is 2. The van der Waals surface area contributed by atoms with Gasteiger partial charge in [0, 0.05) is 31.5 Å². The Morgan fingerprint density at radius 2 is 2.03 bits per heavy atom. The van der Waals surface area contributed by atoms with E-state index in [0.29, 0.717) is 19.4 Å². The van der Waals surface area contributed by atoms with Crippen molar-refractivity contribution in [2.45, 2.75) is 31.2 Å². The molecule has 0 bridgehead atoms. The molecule has 1 aromatic carbocycles. The Hall–Kier alpha value is -2.86. The first-order valence-corrected chi connectivity index (χ1v) is 10.4. The first-order chi connectivity index (χ1) is 14.3. The molecule has 0 radical (unpaired) electrons. The number of imide groups is 1. The summed E-state index contributed by atoms with van der Waals surface area (Å²) in [5.41, 5.74) is 2.78. The van der Waals surface area contributed by atoms with Crippen LogP contribution >= 0.6 is 11.6 Å². The van der Waals surface area contributed by atoms with E-state index >= 15 is 0 Å². The molecule has 0 spiro atoms. The summed E-state index contributed by atoms with van der Waals surface area (Å²) in [7, 11) is 1.87. The number of hydrogen-bond acceptors (Lipinski definition) is 4. The van der Waals surface area contributed by atoms with E-state index in [9.17, 15) is 9.59 Å². The number of benzene rings is 1. The van der Waals surface area contributed by atoms with Crippen molar-refractivity contribution in [2.75, 3.05) is 0 Å². The van der Waals surface area contributed by atoms with Crippen LogP contribution in [0.1, 0.15) is 31.0 Å².